The second kappa shape index (κ2) is 6.57. The van der Waals surface area contributed by atoms with Gasteiger partial charge in [0.05, 0.1) is 12.2 Å². The zero-order valence-corrected chi connectivity index (χ0v) is 14.3. The van der Waals surface area contributed by atoms with E-state index in [0.717, 1.165) is 24.1 Å². The summed E-state index contributed by atoms with van der Waals surface area (Å²) in [5.74, 6) is 0.295. The molecular formula is C16H23N3O3S. The quantitative estimate of drug-likeness (QED) is 0.824. The van der Waals surface area contributed by atoms with Crippen molar-refractivity contribution >= 4 is 15.9 Å². The summed E-state index contributed by atoms with van der Waals surface area (Å²) in [5, 5.41) is 0. The van der Waals surface area contributed by atoms with Crippen molar-refractivity contribution in [3.05, 3.63) is 29.6 Å². The lowest BCUT2D eigenvalue weighted by Gasteiger charge is -2.36. The van der Waals surface area contributed by atoms with Crippen LogP contribution in [0.2, 0.25) is 0 Å². The lowest BCUT2D eigenvalue weighted by atomic mass is 10.0. The van der Waals surface area contributed by atoms with Crippen LogP contribution < -0.4 is 0 Å². The average Bonchev–Trinajstić information content (AvgIpc) is 2.89. The van der Waals surface area contributed by atoms with Gasteiger partial charge in [-0.25, -0.2) is 8.42 Å². The van der Waals surface area contributed by atoms with Gasteiger partial charge in [0.2, 0.25) is 15.9 Å². The fourth-order valence-corrected chi connectivity index (χ4v) is 5.14. The maximum Gasteiger partial charge on any atom is 0.227 e. The maximum atomic E-state index is 12.5. The van der Waals surface area contributed by atoms with Gasteiger partial charge in [0.1, 0.15) is 0 Å². The number of pyridine rings is 1. The van der Waals surface area contributed by atoms with Crippen LogP contribution in [0.1, 0.15) is 30.5 Å². The highest BCUT2D eigenvalue weighted by Crippen LogP contribution is 2.24. The first-order valence-corrected chi connectivity index (χ1v) is 9.75. The monoisotopic (exact) mass is 337 g/mol. The predicted octanol–water partition coefficient (Wildman–Crippen LogP) is 0.959. The van der Waals surface area contributed by atoms with E-state index in [1.54, 1.807) is 10.5 Å². The molecule has 1 amide bonds. The Morgan fingerprint density at radius 2 is 2.13 bits per heavy atom. The summed E-state index contributed by atoms with van der Waals surface area (Å²) in [6.45, 7) is 3.73. The Hall–Kier alpha value is -1.47. The Balaban J connectivity index is 1.64. The molecule has 2 aliphatic heterocycles. The van der Waals surface area contributed by atoms with Crippen LogP contribution in [0.3, 0.4) is 0 Å². The number of carbonyl (C=O) groups is 1. The number of amides is 1. The van der Waals surface area contributed by atoms with Gasteiger partial charge >= 0.3 is 0 Å². The smallest absolute Gasteiger partial charge is 0.227 e. The van der Waals surface area contributed by atoms with Crippen molar-refractivity contribution in [3.8, 4) is 0 Å². The Bertz CT molecular complexity index is 672. The van der Waals surface area contributed by atoms with Crippen molar-refractivity contribution in [2.75, 3.05) is 25.4 Å². The molecule has 23 heavy (non-hydrogen) atoms. The topological polar surface area (TPSA) is 70.6 Å². The SMILES string of the molecule is Cc1ccc(CC(=O)N2CCC[C@@H](N3CCCS3(=O)=O)C2)cn1. The maximum absolute atomic E-state index is 12.5. The van der Waals surface area contributed by atoms with Gasteiger partial charge in [-0.2, -0.15) is 4.31 Å². The molecule has 0 radical (unpaired) electrons. The number of likely N-dealkylation sites (tertiary alicyclic amines) is 1. The molecule has 126 valence electrons. The zero-order valence-electron chi connectivity index (χ0n) is 13.4. The average molecular weight is 337 g/mol. The van der Waals surface area contributed by atoms with Gasteiger partial charge in [-0.3, -0.25) is 9.78 Å². The Kier molecular flexibility index (Phi) is 4.68. The van der Waals surface area contributed by atoms with Crippen molar-refractivity contribution in [2.45, 2.75) is 38.6 Å². The molecule has 1 aromatic rings. The van der Waals surface area contributed by atoms with Crippen LogP contribution in [0.4, 0.5) is 0 Å². The summed E-state index contributed by atoms with van der Waals surface area (Å²) < 4.78 is 25.8. The second-order valence-electron chi connectivity index (χ2n) is 6.40. The fraction of sp³-hybridized carbons (Fsp3) is 0.625. The summed E-state index contributed by atoms with van der Waals surface area (Å²) in [5.41, 5.74) is 1.83. The van der Waals surface area contributed by atoms with E-state index in [2.05, 4.69) is 4.98 Å². The molecule has 0 spiro atoms. The number of aryl methyl sites for hydroxylation is 1. The van der Waals surface area contributed by atoms with E-state index < -0.39 is 10.0 Å². The van der Waals surface area contributed by atoms with Crippen molar-refractivity contribution in [1.29, 1.82) is 0 Å². The van der Waals surface area contributed by atoms with Crippen LogP contribution in [0.25, 0.3) is 0 Å². The first-order chi connectivity index (χ1) is 11.0. The van der Waals surface area contributed by atoms with Gasteiger partial charge in [0.25, 0.3) is 0 Å². The Morgan fingerprint density at radius 1 is 1.30 bits per heavy atom. The van der Waals surface area contributed by atoms with Gasteiger partial charge in [-0.05, 0) is 37.8 Å². The van der Waals surface area contributed by atoms with Crippen LogP contribution in [-0.4, -0.2) is 59.9 Å². The van der Waals surface area contributed by atoms with E-state index in [1.165, 1.54) is 0 Å². The number of aromatic nitrogens is 1. The summed E-state index contributed by atoms with van der Waals surface area (Å²) in [4.78, 5) is 18.5. The Labute approximate surface area is 137 Å². The van der Waals surface area contributed by atoms with E-state index in [1.807, 2.05) is 24.0 Å². The van der Waals surface area contributed by atoms with E-state index in [4.69, 9.17) is 0 Å². The van der Waals surface area contributed by atoms with Crippen molar-refractivity contribution in [1.82, 2.24) is 14.2 Å². The molecule has 1 aromatic heterocycles. The fourth-order valence-electron chi connectivity index (χ4n) is 3.37. The van der Waals surface area contributed by atoms with Crippen LogP contribution in [0, 0.1) is 6.92 Å². The highest BCUT2D eigenvalue weighted by atomic mass is 32.2. The number of piperidine rings is 1. The van der Waals surface area contributed by atoms with Gasteiger partial charge < -0.3 is 4.90 Å². The molecule has 0 bridgehead atoms. The van der Waals surface area contributed by atoms with E-state index in [0.29, 0.717) is 32.5 Å². The molecule has 3 heterocycles. The van der Waals surface area contributed by atoms with Crippen LogP contribution >= 0.6 is 0 Å². The molecule has 6 nitrogen and oxygen atoms in total. The number of nitrogens with zero attached hydrogens (tertiary/aromatic N) is 3. The molecule has 2 aliphatic rings. The third-order valence-corrected chi connectivity index (χ3v) is 6.62. The number of hydrogen-bond acceptors (Lipinski definition) is 4. The Morgan fingerprint density at radius 3 is 2.78 bits per heavy atom. The van der Waals surface area contributed by atoms with Crippen LogP contribution in [0.5, 0.6) is 0 Å². The van der Waals surface area contributed by atoms with E-state index >= 15 is 0 Å². The van der Waals surface area contributed by atoms with Gasteiger partial charge in [0, 0.05) is 37.6 Å². The molecule has 0 aromatic carbocycles. The summed E-state index contributed by atoms with van der Waals surface area (Å²) in [6.07, 6.45) is 4.46. The second-order valence-corrected chi connectivity index (χ2v) is 8.44. The lowest BCUT2D eigenvalue weighted by Crippen LogP contribution is -2.50. The number of carbonyl (C=O) groups excluding carboxylic acids is 1. The molecule has 3 rings (SSSR count). The minimum Gasteiger partial charge on any atom is -0.341 e. The zero-order chi connectivity index (χ0) is 16.4. The van der Waals surface area contributed by atoms with Gasteiger partial charge in [0.15, 0.2) is 0 Å². The first kappa shape index (κ1) is 16.4. The molecule has 2 fully saturated rings. The number of sulfonamides is 1. The van der Waals surface area contributed by atoms with Crippen molar-refractivity contribution in [3.63, 3.8) is 0 Å². The third kappa shape index (κ3) is 3.72. The summed E-state index contributed by atoms with van der Waals surface area (Å²) >= 11 is 0. The predicted molar refractivity (Wildman–Crippen MR) is 87.4 cm³/mol. The van der Waals surface area contributed by atoms with E-state index in [-0.39, 0.29) is 17.7 Å². The molecule has 0 aliphatic carbocycles. The minimum absolute atomic E-state index is 0.0527. The molecule has 0 unspecified atom stereocenters. The normalized spacial score (nSPS) is 24.7. The molecule has 2 saturated heterocycles. The van der Waals surface area contributed by atoms with Gasteiger partial charge in [-0.1, -0.05) is 6.07 Å². The number of rotatable bonds is 3. The molecule has 7 heteroatoms. The van der Waals surface area contributed by atoms with Crippen LogP contribution in [0.15, 0.2) is 18.3 Å². The lowest BCUT2D eigenvalue weighted by molar-refractivity contribution is -0.132. The molecule has 0 N–H and O–H groups in total. The van der Waals surface area contributed by atoms with E-state index in [9.17, 15) is 13.2 Å². The highest BCUT2D eigenvalue weighted by molar-refractivity contribution is 7.89. The molecule has 1 atom stereocenters. The number of hydrogen-bond donors (Lipinski definition) is 0. The summed E-state index contributed by atoms with van der Waals surface area (Å²) in [6, 6.07) is 3.77. The molecule has 0 saturated carbocycles. The van der Waals surface area contributed by atoms with Gasteiger partial charge in [-0.15, -0.1) is 0 Å². The van der Waals surface area contributed by atoms with Crippen LogP contribution in [-0.2, 0) is 21.2 Å². The highest BCUT2D eigenvalue weighted by Gasteiger charge is 2.37. The first-order valence-electron chi connectivity index (χ1n) is 8.14. The summed E-state index contributed by atoms with van der Waals surface area (Å²) in [7, 11) is -3.11. The molecular weight excluding hydrogens is 314 g/mol. The third-order valence-electron chi connectivity index (χ3n) is 4.62. The van der Waals surface area contributed by atoms with Crippen molar-refractivity contribution < 1.29 is 13.2 Å². The van der Waals surface area contributed by atoms with Crippen molar-refractivity contribution in [2.24, 2.45) is 0 Å². The standard InChI is InChI=1S/C16H23N3O3S/c1-13-5-6-14(11-17-13)10-16(20)18-7-2-4-15(12-18)19-8-3-9-23(19,21)22/h5-6,11,15H,2-4,7-10,12H2,1H3/t15-/m1/s1. The minimum atomic E-state index is -3.11. The largest absolute Gasteiger partial charge is 0.341 e.